The van der Waals surface area contributed by atoms with E-state index in [1.165, 1.54) is 0 Å². The average Bonchev–Trinajstić information content (AvgIpc) is 2.29. The predicted octanol–water partition coefficient (Wildman–Crippen LogP) is 4.40. The van der Waals surface area contributed by atoms with Gasteiger partial charge in [-0.15, -0.1) is 0 Å². The van der Waals surface area contributed by atoms with Crippen LogP contribution in [0, 0.1) is 6.92 Å². The maximum absolute atomic E-state index is 6.14. The highest BCUT2D eigenvalue weighted by atomic mass is 35.5. The summed E-state index contributed by atoms with van der Waals surface area (Å²) in [5.41, 5.74) is 2.14. The molecule has 3 heteroatoms. The minimum absolute atomic E-state index is 0.275. The van der Waals surface area contributed by atoms with Crippen molar-refractivity contribution < 1.29 is 4.74 Å². The number of anilines is 1. The lowest BCUT2D eigenvalue weighted by Gasteiger charge is -2.35. The minimum Gasteiger partial charge on any atom is -0.486 e. The Morgan fingerprint density at radius 2 is 2.12 bits per heavy atom. The largest absolute Gasteiger partial charge is 0.486 e. The van der Waals surface area contributed by atoms with E-state index >= 15 is 0 Å². The minimum atomic E-state index is 0.275. The number of benzene rings is 1. The standard InChI is InChI=1S/C14H20ClNO/c1-4-6-13-11(5-2)16-12-8-10(15)7-9(3)14(12)17-13/h7-8,11,13,16H,4-6H2,1-3H3. The van der Waals surface area contributed by atoms with Gasteiger partial charge >= 0.3 is 0 Å². The lowest BCUT2D eigenvalue weighted by molar-refractivity contribution is 0.154. The number of nitrogens with one attached hydrogen (secondary N) is 1. The van der Waals surface area contributed by atoms with E-state index in [4.69, 9.17) is 16.3 Å². The van der Waals surface area contributed by atoms with Crippen molar-refractivity contribution in [3.63, 3.8) is 0 Å². The van der Waals surface area contributed by atoms with E-state index in [0.29, 0.717) is 6.04 Å². The highest BCUT2D eigenvalue weighted by Crippen LogP contribution is 2.38. The van der Waals surface area contributed by atoms with E-state index in [-0.39, 0.29) is 6.10 Å². The van der Waals surface area contributed by atoms with Gasteiger partial charge in [0, 0.05) is 5.02 Å². The number of fused-ring (bicyclic) bond motifs is 1. The van der Waals surface area contributed by atoms with Crippen molar-refractivity contribution >= 4 is 17.3 Å². The first-order valence-corrected chi connectivity index (χ1v) is 6.76. The maximum atomic E-state index is 6.14. The van der Waals surface area contributed by atoms with Crippen LogP contribution in [0.2, 0.25) is 5.02 Å². The summed E-state index contributed by atoms with van der Waals surface area (Å²) in [6, 6.07) is 4.30. The van der Waals surface area contributed by atoms with Crippen LogP contribution >= 0.6 is 11.6 Å². The zero-order chi connectivity index (χ0) is 12.4. The Labute approximate surface area is 108 Å². The number of halogens is 1. The molecule has 1 aromatic carbocycles. The molecule has 0 spiro atoms. The molecule has 0 aliphatic carbocycles. The van der Waals surface area contributed by atoms with Crippen LogP contribution in [0.25, 0.3) is 0 Å². The van der Waals surface area contributed by atoms with Gasteiger partial charge in [0.2, 0.25) is 0 Å². The van der Waals surface area contributed by atoms with E-state index < -0.39 is 0 Å². The molecule has 0 radical (unpaired) electrons. The molecule has 2 nitrogen and oxygen atoms in total. The molecular formula is C14H20ClNO. The monoisotopic (exact) mass is 253 g/mol. The van der Waals surface area contributed by atoms with Gasteiger partial charge in [0.15, 0.2) is 0 Å². The van der Waals surface area contributed by atoms with E-state index in [0.717, 1.165) is 41.3 Å². The Morgan fingerprint density at radius 3 is 2.76 bits per heavy atom. The first kappa shape index (κ1) is 12.6. The highest BCUT2D eigenvalue weighted by Gasteiger charge is 2.28. The molecule has 94 valence electrons. The number of aryl methyl sites for hydroxylation is 1. The Hall–Kier alpha value is -0.890. The molecule has 0 amide bonds. The van der Waals surface area contributed by atoms with Crippen LogP contribution in [-0.2, 0) is 0 Å². The molecule has 0 saturated carbocycles. The Morgan fingerprint density at radius 1 is 1.35 bits per heavy atom. The number of hydrogen-bond acceptors (Lipinski definition) is 2. The van der Waals surface area contributed by atoms with Crippen molar-refractivity contribution in [2.24, 2.45) is 0 Å². The van der Waals surface area contributed by atoms with Crippen LogP contribution in [0.4, 0.5) is 5.69 Å². The molecule has 1 aliphatic rings. The molecule has 0 saturated heterocycles. The normalized spacial score (nSPS) is 22.6. The van der Waals surface area contributed by atoms with E-state index in [2.05, 4.69) is 19.2 Å². The number of hydrogen-bond donors (Lipinski definition) is 1. The van der Waals surface area contributed by atoms with Crippen LogP contribution < -0.4 is 10.1 Å². The van der Waals surface area contributed by atoms with Crippen LogP contribution in [0.5, 0.6) is 5.75 Å². The molecule has 17 heavy (non-hydrogen) atoms. The Bertz CT molecular complexity index is 405. The lowest BCUT2D eigenvalue weighted by atomic mass is 10.00. The van der Waals surface area contributed by atoms with E-state index in [9.17, 15) is 0 Å². The molecule has 1 N–H and O–H groups in total. The molecule has 0 fully saturated rings. The molecule has 1 aromatic rings. The summed E-state index contributed by atoms with van der Waals surface area (Å²) in [6.45, 7) is 6.42. The van der Waals surface area contributed by atoms with E-state index in [1.807, 2.05) is 19.1 Å². The van der Waals surface area contributed by atoms with Gasteiger partial charge in [0.05, 0.1) is 11.7 Å². The summed E-state index contributed by atoms with van der Waals surface area (Å²) < 4.78 is 6.14. The molecule has 0 aromatic heterocycles. The zero-order valence-electron chi connectivity index (χ0n) is 10.7. The molecule has 2 rings (SSSR count). The van der Waals surface area contributed by atoms with Gasteiger partial charge in [-0.25, -0.2) is 0 Å². The molecule has 2 atom stereocenters. The first-order valence-electron chi connectivity index (χ1n) is 6.39. The third kappa shape index (κ3) is 2.52. The maximum Gasteiger partial charge on any atom is 0.145 e. The van der Waals surface area contributed by atoms with Crippen molar-refractivity contribution in [3.05, 3.63) is 22.7 Å². The van der Waals surface area contributed by atoms with Gasteiger partial charge in [-0.1, -0.05) is 31.9 Å². The fourth-order valence-corrected chi connectivity index (χ4v) is 2.70. The topological polar surface area (TPSA) is 21.3 Å². The first-order chi connectivity index (χ1) is 8.15. The quantitative estimate of drug-likeness (QED) is 0.862. The smallest absolute Gasteiger partial charge is 0.145 e. The average molecular weight is 254 g/mol. The van der Waals surface area contributed by atoms with Crippen molar-refractivity contribution in [2.45, 2.75) is 52.2 Å². The highest BCUT2D eigenvalue weighted by molar-refractivity contribution is 6.31. The second kappa shape index (κ2) is 5.18. The third-order valence-electron chi connectivity index (χ3n) is 3.31. The fourth-order valence-electron chi connectivity index (χ4n) is 2.43. The van der Waals surface area contributed by atoms with Crippen molar-refractivity contribution in [2.75, 3.05) is 5.32 Å². The van der Waals surface area contributed by atoms with Gasteiger partial charge in [0.1, 0.15) is 11.9 Å². The van der Waals surface area contributed by atoms with Crippen LogP contribution in [0.1, 0.15) is 38.7 Å². The van der Waals surface area contributed by atoms with Gasteiger partial charge in [-0.2, -0.15) is 0 Å². The molecule has 2 unspecified atom stereocenters. The molecular weight excluding hydrogens is 234 g/mol. The summed E-state index contributed by atoms with van der Waals surface area (Å²) >= 11 is 6.07. The molecule has 1 aliphatic heterocycles. The summed E-state index contributed by atoms with van der Waals surface area (Å²) in [5, 5.41) is 4.32. The van der Waals surface area contributed by atoms with Crippen molar-refractivity contribution in [3.8, 4) is 5.75 Å². The lowest BCUT2D eigenvalue weighted by Crippen LogP contribution is -2.41. The number of ether oxygens (including phenoxy) is 1. The Balaban J connectivity index is 2.32. The second-order valence-electron chi connectivity index (χ2n) is 4.70. The van der Waals surface area contributed by atoms with Gasteiger partial charge in [-0.3, -0.25) is 0 Å². The van der Waals surface area contributed by atoms with Crippen molar-refractivity contribution in [1.29, 1.82) is 0 Å². The fraction of sp³-hybridized carbons (Fsp3) is 0.571. The van der Waals surface area contributed by atoms with Gasteiger partial charge < -0.3 is 10.1 Å². The van der Waals surface area contributed by atoms with Crippen LogP contribution in [0.3, 0.4) is 0 Å². The third-order valence-corrected chi connectivity index (χ3v) is 3.53. The SMILES string of the molecule is CCCC1Oc2c(C)cc(Cl)cc2NC1CC. The van der Waals surface area contributed by atoms with Crippen LogP contribution in [0.15, 0.2) is 12.1 Å². The van der Waals surface area contributed by atoms with Gasteiger partial charge in [0.25, 0.3) is 0 Å². The Kier molecular flexibility index (Phi) is 3.82. The summed E-state index contributed by atoms with van der Waals surface area (Å²) in [6.07, 6.45) is 3.57. The summed E-state index contributed by atoms with van der Waals surface area (Å²) in [5.74, 6) is 0.970. The van der Waals surface area contributed by atoms with Gasteiger partial charge in [-0.05, 0) is 37.5 Å². The van der Waals surface area contributed by atoms with Crippen molar-refractivity contribution in [1.82, 2.24) is 0 Å². The molecule has 0 bridgehead atoms. The van der Waals surface area contributed by atoms with Crippen LogP contribution in [-0.4, -0.2) is 12.1 Å². The predicted molar refractivity (Wildman–Crippen MR) is 73.2 cm³/mol. The second-order valence-corrected chi connectivity index (χ2v) is 5.14. The summed E-state index contributed by atoms with van der Waals surface area (Å²) in [4.78, 5) is 0. The molecule has 1 heterocycles. The number of rotatable bonds is 3. The summed E-state index contributed by atoms with van der Waals surface area (Å²) in [7, 11) is 0. The zero-order valence-corrected chi connectivity index (χ0v) is 11.5. The van der Waals surface area contributed by atoms with E-state index in [1.54, 1.807) is 0 Å².